The van der Waals surface area contributed by atoms with Crippen molar-refractivity contribution in [2.45, 2.75) is 52.6 Å². The van der Waals surface area contributed by atoms with Gasteiger partial charge in [-0.2, -0.15) is 0 Å². The Hall–Kier alpha value is -0.570. The highest BCUT2D eigenvalue weighted by molar-refractivity contribution is 5.74. The molecule has 0 aromatic rings. The Morgan fingerprint density at radius 2 is 1.73 bits per heavy atom. The van der Waals surface area contributed by atoms with Gasteiger partial charge in [0.1, 0.15) is 0 Å². The van der Waals surface area contributed by atoms with Gasteiger partial charge < -0.3 is 10.2 Å². The molecule has 0 heterocycles. The first kappa shape index (κ1) is 12.5. The smallest absolute Gasteiger partial charge is 0.309 e. The number of carboxylic acid groups (broad SMARTS) is 1. The molecule has 88 valence electrons. The van der Waals surface area contributed by atoms with Gasteiger partial charge in [0, 0.05) is 0 Å². The van der Waals surface area contributed by atoms with E-state index in [0.29, 0.717) is 5.92 Å². The first-order valence-corrected chi connectivity index (χ1v) is 5.77. The van der Waals surface area contributed by atoms with E-state index in [1.165, 1.54) is 0 Å². The van der Waals surface area contributed by atoms with Crippen molar-refractivity contribution in [3.05, 3.63) is 0 Å². The Balaban J connectivity index is 2.54. The summed E-state index contributed by atoms with van der Waals surface area (Å²) in [5, 5.41) is 18.6. The van der Waals surface area contributed by atoms with Gasteiger partial charge >= 0.3 is 5.97 Å². The van der Waals surface area contributed by atoms with Crippen LogP contribution in [0, 0.1) is 17.3 Å². The largest absolute Gasteiger partial charge is 0.481 e. The highest BCUT2D eigenvalue weighted by atomic mass is 16.4. The van der Waals surface area contributed by atoms with E-state index < -0.39 is 11.4 Å². The second-order valence-corrected chi connectivity index (χ2v) is 5.38. The molecule has 2 N–H and O–H groups in total. The summed E-state index contributed by atoms with van der Waals surface area (Å²) in [6.45, 7) is 5.44. The third kappa shape index (κ3) is 2.71. The van der Waals surface area contributed by atoms with E-state index in [1.54, 1.807) is 0 Å². The summed E-state index contributed by atoms with van der Waals surface area (Å²) in [6, 6.07) is 0. The van der Waals surface area contributed by atoms with E-state index >= 15 is 0 Å². The quantitative estimate of drug-likeness (QED) is 0.757. The third-order valence-electron chi connectivity index (χ3n) is 4.03. The Bertz CT molecular complexity index is 225. The van der Waals surface area contributed by atoms with Crippen molar-refractivity contribution in [1.82, 2.24) is 0 Å². The molecule has 1 unspecified atom stereocenters. The van der Waals surface area contributed by atoms with E-state index in [1.807, 2.05) is 20.8 Å². The van der Waals surface area contributed by atoms with Crippen LogP contribution in [0.3, 0.4) is 0 Å². The highest BCUT2D eigenvalue weighted by Crippen LogP contribution is 2.41. The number of aliphatic carboxylic acids is 1. The number of hydrogen-bond donors (Lipinski definition) is 2. The third-order valence-corrected chi connectivity index (χ3v) is 4.03. The molecule has 0 bridgehead atoms. The minimum Gasteiger partial charge on any atom is -0.481 e. The maximum atomic E-state index is 11.1. The molecule has 1 rings (SSSR count). The van der Waals surface area contributed by atoms with Crippen molar-refractivity contribution in [2.24, 2.45) is 17.3 Å². The van der Waals surface area contributed by atoms with Gasteiger partial charge in [-0.3, -0.25) is 4.79 Å². The molecule has 0 amide bonds. The molecule has 1 atom stereocenters. The molecule has 1 aliphatic rings. The van der Waals surface area contributed by atoms with Gasteiger partial charge in [0.15, 0.2) is 0 Å². The SMILES string of the molecule is CC(O)C1CCC(C(C)(C)C(=O)O)CC1. The molecule has 0 saturated heterocycles. The summed E-state index contributed by atoms with van der Waals surface area (Å²) in [6.07, 6.45) is 3.51. The zero-order valence-electron chi connectivity index (χ0n) is 9.86. The number of aliphatic hydroxyl groups excluding tert-OH is 1. The first-order chi connectivity index (χ1) is 6.85. The summed E-state index contributed by atoms with van der Waals surface area (Å²) in [7, 11) is 0. The average Bonchev–Trinajstić information content (AvgIpc) is 2.17. The van der Waals surface area contributed by atoms with Crippen LogP contribution in [0.4, 0.5) is 0 Å². The minimum absolute atomic E-state index is 0.251. The van der Waals surface area contributed by atoms with E-state index in [9.17, 15) is 9.90 Å². The normalized spacial score (nSPS) is 29.9. The predicted octanol–water partition coefficient (Wildman–Crippen LogP) is 2.28. The van der Waals surface area contributed by atoms with E-state index in [4.69, 9.17) is 5.11 Å². The molecule has 0 aliphatic heterocycles. The molecule has 1 aliphatic carbocycles. The van der Waals surface area contributed by atoms with Crippen molar-refractivity contribution in [3.8, 4) is 0 Å². The molecule has 0 aromatic heterocycles. The molecule has 1 saturated carbocycles. The predicted molar refractivity (Wildman–Crippen MR) is 58.5 cm³/mol. The molecule has 0 radical (unpaired) electrons. The maximum Gasteiger partial charge on any atom is 0.309 e. The van der Waals surface area contributed by atoms with E-state index in [0.717, 1.165) is 25.7 Å². The highest BCUT2D eigenvalue weighted by Gasteiger charge is 2.39. The number of carbonyl (C=O) groups is 1. The van der Waals surface area contributed by atoms with Crippen LogP contribution < -0.4 is 0 Å². The molecule has 0 aromatic carbocycles. The maximum absolute atomic E-state index is 11.1. The standard InChI is InChI=1S/C12H22O3/c1-8(13)9-4-6-10(7-5-9)12(2,3)11(14)15/h8-10,13H,4-7H2,1-3H3,(H,14,15). The zero-order valence-corrected chi connectivity index (χ0v) is 9.86. The van der Waals surface area contributed by atoms with Crippen molar-refractivity contribution < 1.29 is 15.0 Å². The van der Waals surface area contributed by atoms with Crippen LogP contribution in [0.15, 0.2) is 0 Å². The van der Waals surface area contributed by atoms with Crippen LogP contribution in [0.2, 0.25) is 0 Å². The number of hydrogen-bond acceptors (Lipinski definition) is 2. The molecular weight excluding hydrogens is 192 g/mol. The molecule has 15 heavy (non-hydrogen) atoms. The summed E-state index contributed by atoms with van der Waals surface area (Å²) in [5.41, 5.74) is -0.621. The Morgan fingerprint density at radius 3 is 2.07 bits per heavy atom. The summed E-state index contributed by atoms with van der Waals surface area (Å²) >= 11 is 0. The summed E-state index contributed by atoms with van der Waals surface area (Å²) in [5.74, 6) is -0.0844. The van der Waals surface area contributed by atoms with Gasteiger partial charge in [-0.05, 0) is 58.3 Å². The molecule has 3 heteroatoms. The lowest BCUT2D eigenvalue weighted by atomic mass is 9.68. The van der Waals surface area contributed by atoms with Crippen molar-refractivity contribution >= 4 is 5.97 Å². The van der Waals surface area contributed by atoms with Gasteiger partial charge in [-0.1, -0.05) is 0 Å². The van der Waals surface area contributed by atoms with Crippen LogP contribution in [-0.4, -0.2) is 22.3 Å². The topological polar surface area (TPSA) is 57.5 Å². The number of aliphatic hydroxyl groups is 1. The summed E-state index contributed by atoms with van der Waals surface area (Å²) in [4.78, 5) is 11.1. The fraction of sp³-hybridized carbons (Fsp3) is 0.917. The monoisotopic (exact) mass is 214 g/mol. The van der Waals surface area contributed by atoms with Crippen LogP contribution in [0.5, 0.6) is 0 Å². The van der Waals surface area contributed by atoms with E-state index in [-0.39, 0.29) is 12.0 Å². The van der Waals surface area contributed by atoms with Crippen LogP contribution in [0.25, 0.3) is 0 Å². The lowest BCUT2D eigenvalue weighted by Gasteiger charge is -2.37. The number of carboxylic acids is 1. The van der Waals surface area contributed by atoms with Gasteiger partial charge in [0.2, 0.25) is 0 Å². The van der Waals surface area contributed by atoms with E-state index in [2.05, 4.69) is 0 Å². The lowest BCUT2D eigenvalue weighted by Crippen LogP contribution is -2.36. The van der Waals surface area contributed by atoms with Crippen LogP contribution in [0.1, 0.15) is 46.5 Å². The van der Waals surface area contributed by atoms with Crippen molar-refractivity contribution in [2.75, 3.05) is 0 Å². The number of rotatable bonds is 3. The van der Waals surface area contributed by atoms with Crippen LogP contribution in [-0.2, 0) is 4.79 Å². The van der Waals surface area contributed by atoms with Gasteiger partial charge in [0.05, 0.1) is 11.5 Å². The Labute approximate surface area is 91.5 Å². The fourth-order valence-electron chi connectivity index (χ4n) is 2.50. The summed E-state index contributed by atoms with van der Waals surface area (Å²) < 4.78 is 0. The average molecular weight is 214 g/mol. The van der Waals surface area contributed by atoms with Crippen LogP contribution >= 0.6 is 0 Å². The minimum atomic E-state index is -0.706. The zero-order chi connectivity index (χ0) is 11.6. The molecule has 1 fully saturated rings. The van der Waals surface area contributed by atoms with Gasteiger partial charge in [-0.15, -0.1) is 0 Å². The van der Waals surface area contributed by atoms with Gasteiger partial charge in [0.25, 0.3) is 0 Å². The first-order valence-electron chi connectivity index (χ1n) is 5.77. The second-order valence-electron chi connectivity index (χ2n) is 5.38. The Kier molecular flexibility index (Phi) is 3.77. The second kappa shape index (κ2) is 4.52. The Morgan fingerprint density at radius 1 is 1.27 bits per heavy atom. The molecular formula is C12H22O3. The fourth-order valence-corrected chi connectivity index (χ4v) is 2.50. The molecule has 3 nitrogen and oxygen atoms in total. The van der Waals surface area contributed by atoms with Crippen molar-refractivity contribution in [1.29, 1.82) is 0 Å². The van der Waals surface area contributed by atoms with Crippen molar-refractivity contribution in [3.63, 3.8) is 0 Å². The van der Waals surface area contributed by atoms with Gasteiger partial charge in [-0.25, -0.2) is 0 Å². The molecule has 0 spiro atoms. The lowest BCUT2D eigenvalue weighted by molar-refractivity contribution is -0.151.